The van der Waals surface area contributed by atoms with Gasteiger partial charge in [0.25, 0.3) is 0 Å². The monoisotopic (exact) mass is 322 g/mol. The van der Waals surface area contributed by atoms with Gasteiger partial charge in [-0.2, -0.15) is 0 Å². The molecule has 3 aromatic carbocycles. The first-order valence-electron chi connectivity index (χ1n) is 7.45. The standard InChI is InChI=1S/C19H18N2O3/c1-23-19(22)15-3-2-14-9-18(5-4-13(14)8-15)24-11-12-6-16(20)10-17(21)7-12/h2-10H,11,20-21H2,1H3. The summed E-state index contributed by atoms with van der Waals surface area (Å²) in [5.74, 6) is 0.380. The van der Waals surface area contributed by atoms with Crippen molar-refractivity contribution in [3.05, 3.63) is 65.7 Å². The van der Waals surface area contributed by atoms with Crippen LogP contribution in [-0.4, -0.2) is 13.1 Å². The normalized spacial score (nSPS) is 10.5. The maximum atomic E-state index is 11.6. The van der Waals surface area contributed by atoms with Gasteiger partial charge in [-0.3, -0.25) is 0 Å². The van der Waals surface area contributed by atoms with E-state index in [2.05, 4.69) is 0 Å². The third kappa shape index (κ3) is 3.41. The van der Waals surface area contributed by atoms with Gasteiger partial charge in [0.15, 0.2) is 0 Å². The summed E-state index contributed by atoms with van der Waals surface area (Å²) >= 11 is 0. The number of hydrogen-bond acceptors (Lipinski definition) is 5. The summed E-state index contributed by atoms with van der Waals surface area (Å²) in [4.78, 5) is 11.6. The predicted molar refractivity (Wildman–Crippen MR) is 94.9 cm³/mol. The summed E-state index contributed by atoms with van der Waals surface area (Å²) in [6.45, 7) is 0.376. The summed E-state index contributed by atoms with van der Waals surface area (Å²) in [5, 5.41) is 1.92. The Bertz CT molecular complexity index is 886. The van der Waals surface area contributed by atoms with Gasteiger partial charge in [-0.15, -0.1) is 0 Å². The molecule has 0 saturated carbocycles. The Morgan fingerprint density at radius 1 is 0.917 bits per heavy atom. The van der Waals surface area contributed by atoms with Crippen LogP contribution in [0.5, 0.6) is 5.75 Å². The number of nitrogen functional groups attached to an aromatic ring is 2. The number of nitrogens with two attached hydrogens (primary N) is 2. The molecule has 3 aromatic rings. The molecule has 0 atom stereocenters. The number of rotatable bonds is 4. The zero-order valence-electron chi connectivity index (χ0n) is 13.3. The second-order valence-electron chi connectivity index (χ2n) is 5.51. The van der Waals surface area contributed by atoms with Gasteiger partial charge in [-0.05, 0) is 58.8 Å². The lowest BCUT2D eigenvalue weighted by molar-refractivity contribution is 0.0601. The second-order valence-corrected chi connectivity index (χ2v) is 5.51. The Kier molecular flexibility index (Phi) is 4.24. The van der Waals surface area contributed by atoms with Crippen LogP contribution < -0.4 is 16.2 Å². The Labute approximate surface area is 139 Å². The van der Waals surface area contributed by atoms with Gasteiger partial charge in [0, 0.05) is 11.4 Å². The third-order valence-electron chi connectivity index (χ3n) is 3.68. The fraction of sp³-hybridized carbons (Fsp3) is 0.105. The van der Waals surface area contributed by atoms with Crippen LogP contribution in [-0.2, 0) is 11.3 Å². The molecule has 0 aliphatic rings. The molecule has 0 aromatic heterocycles. The van der Waals surface area contributed by atoms with Crippen LogP contribution >= 0.6 is 0 Å². The number of ether oxygens (including phenoxy) is 2. The van der Waals surface area contributed by atoms with Crippen LogP contribution in [0.3, 0.4) is 0 Å². The number of carbonyl (C=O) groups excluding carboxylic acids is 1. The first kappa shape index (κ1) is 15.7. The molecule has 0 bridgehead atoms. The highest BCUT2D eigenvalue weighted by Gasteiger charge is 2.07. The van der Waals surface area contributed by atoms with Gasteiger partial charge >= 0.3 is 5.97 Å². The first-order valence-corrected chi connectivity index (χ1v) is 7.45. The van der Waals surface area contributed by atoms with E-state index in [1.54, 1.807) is 18.2 Å². The van der Waals surface area contributed by atoms with Crippen molar-refractivity contribution in [3.63, 3.8) is 0 Å². The van der Waals surface area contributed by atoms with Crippen LogP contribution in [0, 0.1) is 0 Å². The molecule has 0 amide bonds. The Hall–Kier alpha value is -3.21. The van der Waals surface area contributed by atoms with E-state index in [-0.39, 0.29) is 5.97 Å². The summed E-state index contributed by atoms with van der Waals surface area (Å²) < 4.78 is 10.5. The zero-order valence-corrected chi connectivity index (χ0v) is 13.3. The molecule has 0 saturated heterocycles. The number of benzene rings is 3. The summed E-state index contributed by atoms with van der Waals surface area (Å²) in [5.41, 5.74) is 14.2. The molecule has 0 heterocycles. The maximum absolute atomic E-state index is 11.6. The van der Waals surface area contributed by atoms with Crippen molar-refractivity contribution in [2.45, 2.75) is 6.61 Å². The number of anilines is 2. The van der Waals surface area contributed by atoms with Crippen molar-refractivity contribution < 1.29 is 14.3 Å². The molecule has 0 spiro atoms. The lowest BCUT2D eigenvalue weighted by Crippen LogP contribution is -2.00. The minimum Gasteiger partial charge on any atom is -0.489 e. The molecule has 5 nitrogen and oxygen atoms in total. The minimum atomic E-state index is -0.350. The molecular weight excluding hydrogens is 304 g/mol. The van der Waals surface area contributed by atoms with E-state index < -0.39 is 0 Å². The topological polar surface area (TPSA) is 87.6 Å². The van der Waals surface area contributed by atoms with Crippen molar-refractivity contribution in [1.82, 2.24) is 0 Å². The SMILES string of the molecule is COC(=O)c1ccc2cc(OCc3cc(N)cc(N)c3)ccc2c1. The van der Waals surface area contributed by atoms with E-state index in [1.807, 2.05) is 36.4 Å². The van der Waals surface area contributed by atoms with Crippen molar-refractivity contribution in [2.24, 2.45) is 0 Å². The lowest BCUT2D eigenvalue weighted by Gasteiger charge is -2.09. The first-order chi connectivity index (χ1) is 11.5. The molecule has 0 fully saturated rings. The highest BCUT2D eigenvalue weighted by Crippen LogP contribution is 2.24. The van der Waals surface area contributed by atoms with Gasteiger partial charge in [0.05, 0.1) is 12.7 Å². The smallest absolute Gasteiger partial charge is 0.337 e. The Morgan fingerprint density at radius 2 is 1.58 bits per heavy atom. The molecule has 0 aliphatic heterocycles. The van der Waals surface area contributed by atoms with E-state index in [1.165, 1.54) is 7.11 Å². The number of carbonyl (C=O) groups is 1. The number of esters is 1. The molecule has 3 rings (SSSR count). The van der Waals surface area contributed by atoms with Crippen molar-refractivity contribution in [2.75, 3.05) is 18.6 Å². The van der Waals surface area contributed by atoms with E-state index in [4.69, 9.17) is 20.9 Å². The Morgan fingerprint density at radius 3 is 2.29 bits per heavy atom. The quantitative estimate of drug-likeness (QED) is 0.568. The molecule has 5 heteroatoms. The minimum absolute atomic E-state index is 0.350. The molecule has 122 valence electrons. The highest BCUT2D eigenvalue weighted by atomic mass is 16.5. The van der Waals surface area contributed by atoms with Crippen LogP contribution in [0.2, 0.25) is 0 Å². The van der Waals surface area contributed by atoms with Gasteiger partial charge in [0.2, 0.25) is 0 Å². The number of methoxy groups -OCH3 is 1. The van der Waals surface area contributed by atoms with Crippen molar-refractivity contribution in [3.8, 4) is 5.75 Å². The van der Waals surface area contributed by atoms with E-state index in [0.717, 1.165) is 22.1 Å². The van der Waals surface area contributed by atoms with Gasteiger partial charge in [-0.25, -0.2) is 4.79 Å². The predicted octanol–water partition coefficient (Wildman–Crippen LogP) is 3.37. The molecule has 24 heavy (non-hydrogen) atoms. The summed E-state index contributed by atoms with van der Waals surface area (Å²) in [6, 6.07) is 16.5. The van der Waals surface area contributed by atoms with Gasteiger partial charge in [-0.1, -0.05) is 12.1 Å². The Balaban J connectivity index is 1.79. The fourth-order valence-corrected chi connectivity index (χ4v) is 2.55. The maximum Gasteiger partial charge on any atom is 0.337 e. The van der Waals surface area contributed by atoms with Crippen molar-refractivity contribution >= 4 is 28.1 Å². The molecule has 0 radical (unpaired) electrons. The van der Waals surface area contributed by atoms with E-state index >= 15 is 0 Å². The average Bonchev–Trinajstić information content (AvgIpc) is 2.58. The zero-order chi connectivity index (χ0) is 17.1. The number of hydrogen-bond donors (Lipinski definition) is 2. The highest BCUT2D eigenvalue weighted by molar-refractivity contribution is 5.95. The summed E-state index contributed by atoms with van der Waals surface area (Å²) in [6.07, 6.45) is 0. The molecule has 0 aliphatic carbocycles. The summed E-state index contributed by atoms with van der Waals surface area (Å²) in [7, 11) is 1.37. The molecule has 4 N–H and O–H groups in total. The van der Waals surface area contributed by atoms with Crippen molar-refractivity contribution in [1.29, 1.82) is 0 Å². The van der Waals surface area contributed by atoms with Gasteiger partial charge < -0.3 is 20.9 Å². The lowest BCUT2D eigenvalue weighted by atomic mass is 10.1. The van der Waals surface area contributed by atoms with Crippen LogP contribution in [0.4, 0.5) is 11.4 Å². The largest absolute Gasteiger partial charge is 0.489 e. The van der Waals surface area contributed by atoms with Gasteiger partial charge in [0.1, 0.15) is 12.4 Å². The number of fused-ring (bicyclic) bond motifs is 1. The third-order valence-corrected chi connectivity index (χ3v) is 3.68. The van der Waals surface area contributed by atoms with E-state index in [0.29, 0.717) is 23.5 Å². The fourth-order valence-electron chi connectivity index (χ4n) is 2.55. The second kappa shape index (κ2) is 6.50. The van der Waals surface area contributed by atoms with E-state index in [9.17, 15) is 4.79 Å². The molecular formula is C19H18N2O3. The average molecular weight is 322 g/mol. The molecule has 0 unspecified atom stereocenters. The van der Waals surface area contributed by atoms with Crippen LogP contribution in [0.15, 0.2) is 54.6 Å². The van der Waals surface area contributed by atoms with Crippen LogP contribution in [0.1, 0.15) is 15.9 Å². The van der Waals surface area contributed by atoms with Crippen LogP contribution in [0.25, 0.3) is 10.8 Å².